The Morgan fingerprint density at radius 2 is 1.94 bits per heavy atom. The smallest absolute Gasteiger partial charge is 0.219 e. The molecule has 4 heterocycles. The molecule has 8 nitrogen and oxygen atoms in total. The molecule has 1 fully saturated rings. The van der Waals surface area contributed by atoms with Gasteiger partial charge in [0.25, 0.3) is 0 Å². The first-order valence-corrected chi connectivity index (χ1v) is 11.4. The molecule has 0 radical (unpaired) electrons. The maximum atomic E-state index is 12.3. The second-order valence-electron chi connectivity index (χ2n) is 8.68. The molecule has 0 saturated carbocycles. The summed E-state index contributed by atoms with van der Waals surface area (Å²) >= 11 is 0. The lowest BCUT2D eigenvalue weighted by Crippen LogP contribution is -2.28. The van der Waals surface area contributed by atoms with Gasteiger partial charge in [0.2, 0.25) is 5.91 Å². The van der Waals surface area contributed by atoms with Crippen molar-refractivity contribution in [3.63, 3.8) is 0 Å². The van der Waals surface area contributed by atoms with Crippen LogP contribution < -0.4 is 4.74 Å². The number of likely N-dealkylation sites (tertiary alicyclic amines) is 1. The summed E-state index contributed by atoms with van der Waals surface area (Å²) in [6.07, 6.45) is 3.60. The van der Waals surface area contributed by atoms with Gasteiger partial charge in [-0.1, -0.05) is 6.07 Å². The number of benzene rings is 2. The van der Waals surface area contributed by atoms with Crippen LogP contribution >= 0.6 is 0 Å². The highest BCUT2D eigenvalue weighted by molar-refractivity contribution is 5.83. The van der Waals surface area contributed by atoms with E-state index in [0.29, 0.717) is 17.3 Å². The standard InChI is InChI=1S/C26H24N6O2/c1-15-28-19-9-8-17(12-21(19)29-15)34-25-14-23-22(30-26(31-23)20-6-3-4-10-27-20)13-18(25)24-7-5-11-32(24)16(2)33/h3-4,6,8-10,12-14,24H,5,7,11H2,1-2H3,(H,28,29)(H,30,31). The van der Waals surface area contributed by atoms with Crippen LogP contribution in [0, 0.1) is 6.92 Å². The summed E-state index contributed by atoms with van der Waals surface area (Å²) < 4.78 is 6.44. The number of ether oxygens (including phenoxy) is 1. The average molecular weight is 453 g/mol. The maximum Gasteiger partial charge on any atom is 0.219 e. The third-order valence-corrected chi connectivity index (χ3v) is 6.34. The van der Waals surface area contributed by atoms with Crippen molar-refractivity contribution in [3.8, 4) is 23.0 Å². The van der Waals surface area contributed by atoms with E-state index in [4.69, 9.17) is 9.72 Å². The van der Waals surface area contributed by atoms with Crippen LogP contribution in [0.4, 0.5) is 0 Å². The number of rotatable bonds is 4. The summed E-state index contributed by atoms with van der Waals surface area (Å²) in [5.74, 6) is 3.02. The molecule has 34 heavy (non-hydrogen) atoms. The number of carbonyl (C=O) groups excluding carboxylic acids is 1. The Balaban J connectivity index is 1.47. The second kappa shape index (κ2) is 7.98. The lowest BCUT2D eigenvalue weighted by molar-refractivity contribution is -0.129. The van der Waals surface area contributed by atoms with E-state index in [1.807, 2.05) is 54.3 Å². The normalized spacial score (nSPS) is 15.9. The molecule has 5 aromatic rings. The molecule has 1 unspecified atom stereocenters. The fourth-order valence-corrected chi connectivity index (χ4v) is 4.80. The van der Waals surface area contributed by atoms with Crippen LogP contribution in [0.25, 0.3) is 33.6 Å². The van der Waals surface area contributed by atoms with Crippen molar-refractivity contribution in [2.75, 3.05) is 6.54 Å². The first-order chi connectivity index (χ1) is 16.5. The highest BCUT2D eigenvalue weighted by Crippen LogP contribution is 2.41. The van der Waals surface area contributed by atoms with Crippen molar-refractivity contribution in [2.24, 2.45) is 0 Å². The van der Waals surface area contributed by atoms with E-state index in [1.165, 1.54) is 0 Å². The molecule has 0 bridgehead atoms. The number of H-pyrrole nitrogens is 2. The number of aryl methyl sites for hydroxylation is 1. The van der Waals surface area contributed by atoms with Crippen LogP contribution in [0.2, 0.25) is 0 Å². The van der Waals surface area contributed by atoms with Crippen LogP contribution in [-0.4, -0.2) is 42.3 Å². The van der Waals surface area contributed by atoms with E-state index in [0.717, 1.165) is 58.5 Å². The minimum Gasteiger partial charge on any atom is -0.457 e. The van der Waals surface area contributed by atoms with Crippen LogP contribution in [0.3, 0.4) is 0 Å². The molecule has 0 aliphatic carbocycles. The number of pyridine rings is 1. The Morgan fingerprint density at radius 1 is 1.06 bits per heavy atom. The zero-order valence-electron chi connectivity index (χ0n) is 19.0. The van der Waals surface area contributed by atoms with E-state index < -0.39 is 0 Å². The summed E-state index contributed by atoms with van der Waals surface area (Å²) in [5.41, 5.74) is 5.22. The first-order valence-electron chi connectivity index (χ1n) is 11.4. The summed E-state index contributed by atoms with van der Waals surface area (Å²) in [6, 6.07) is 15.5. The minimum absolute atomic E-state index is 0.0448. The number of imidazole rings is 2. The van der Waals surface area contributed by atoms with Crippen LogP contribution in [0.1, 0.15) is 37.2 Å². The zero-order valence-corrected chi connectivity index (χ0v) is 19.0. The average Bonchev–Trinajstić information content (AvgIpc) is 3.56. The Morgan fingerprint density at radius 3 is 2.76 bits per heavy atom. The fourth-order valence-electron chi connectivity index (χ4n) is 4.80. The summed E-state index contributed by atoms with van der Waals surface area (Å²) in [6.45, 7) is 4.31. The summed E-state index contributed by atoms with van der Waals surface area (Å²) in [5, 5.41) is 0. The number of carbonyl (C=O) groups is 1. The van der Waals surface area contributed by atoms with Crippen LogP contribution in [-0.2, 0) is 4.79 Å². The van der Waals surface area contributed by atoms with E-state index in [2.05, 4.69) is 26.0 Å². The molecule has 8 heteroatoms. The third kappa shape index (κ3) is 3.57. The molecule has 2 aromatic carbocycles. The van der Waals surface area contributed by atoms with E-state index in [1.54, 1.807) is 13.1 Å². The van der Waals surface area contributed by atoms with Gasteiger partial charge in [-0.25, -0.2) is 9.97 Å². The van der Waals surface area contributed by atoms with Gasteiger partial charge in [0.1, 0.15) is 23.0 Å². The van der Waals surface area contributed by atoms with Crippen molar-refractivity contribution in [1.82, 2.24) is 29.8 Å². The number of nitrogens with one attached hydrogen (secondary N) is 2. The van der Waals surface area contributed by atoms with Gasteiger partial charge >= 0.3 is 0 Å². The quantitative estimate of drug-likeness (QED) is 0.386. The van der Waals surface area contributed by atoms with Crippen molar-refractivity contribution in [1.29, 1.82) is 0 Å². The molecular weight excluding hydrogens is 428 g/mol. The number of hydrogen-bond donors (Lipinski definition) is 2. The molecule has 1 saturated heterocycles. The first kappa shape index (κ1) is 20.4. The third-order valence-electron chi connectivity index (χ3n) is 6.34. The molecular formula is C26H24N6O2. The number of aromatic amines is 2. The predicted molar refractivity (Wildman–Crippen MR) is 130 cm³/mol. The number of aromatic nitrogens is 5. The number of hydrogen-bond acceptors (Lipinski definition) is 5. The minimum atomic E-state index is -0.0448. The highest BCUT2D eigenvalue weighted by Gasteiger charge is 2.31. The SMILES string of the molecule is CC(=O)N1CCCC1c1cc2[nH]c(-c3ccccn3)nc2cc1Oc1ccc2nc(C)[nH]c2c1. The maximum absolute atomic E-state index is 12.3. The van der Waals surface area contributed by atoms with E-state index >= 15 is 0 Å². The van der Waals surface area contributed by atoms with Crippen LogP contribution in [0.5, 0.6) is 11.5 Å². The topological polar surface area (TPSA) is 99.8 Å². The van der Waals surface area contributed by atoms with Crippen LogP contribution in [0.15, 0.2) is 54.7 Å². The van der Waals surface area contributed by atoms with Gasteiger partial charge in [-0.15, -0.1) is 0 Å². The molecule has 6 rings (SSSR count). The predicted octanol–water partition coefficient (Wildman–Crippen LogP) is 5.29. The van der Waals surface area contributed by atoms with Gasteiger partial charge in [0.15, 0.2) is 5.82 Å². The van der Waals surface area contributed by atoms with E-state index in [9.17, 15) is 4.79 Å². The molecule has 170 valence electrons. The molecule has 1 aliphatic heterocycles. The van der Waals surface area contributed by atoms with E-state index in [-0.39, 0.29) is 11.9 Å². The number of fused-ring (bicyclic) bond motifs is 2. The van der Waals surface area contributed by atoms with Gasteiger partial charge in [-0.3, -0.25) is 9.78 Å². The molecule has 1 aliphatic rings. The summed E-state index contributed by atoms with van der Waals surface area (Å²) in [7, 11) is 0. The highest BCUT2D eigenvalue weighted by atomic mass is 16.5. The molecule has 1 amide bonds. The van der Waals surface area contributed by atoms with Gasteiger partial charge in [-0.2, -0.15) is 0 Å². The Kier molecular flexibility index (Phi) is 4.79. The molecule has 3 aromatic heterocycles. The van der Waals surface area contributed by atoms with Gasteiger partial charge < -0.3 is 19.6 Å². The Hall–Kier alpha value is -4.20. The molecule has 2 N–H and O–H groups in total. The lowest BCUT2D eigenvalue weighted by Gasteiger charge is -2.25. The summed E-state index contributed by atoms with van der Waals surface area (Å²) in [4.78, 5) is 34.6. The van der Waals surface area contributed by atoms with Crippen molar-refractivity contribution in [3.05, 3.63) is 66.1 Å². The zero-order chi connectivity index (χ0) is 23.2. The van der Waals surface area contributed by atoms with Crippen molar-refractivity contribution in [2.45, 2.75) is 32.7 Å². The Bertz CT molecular complexity index is 1520. The van der Waals surface area contributed by atoms with Gasteiger partial charge in [0.05, 0.1) is 28.1 Å². The number of amides is 1. The Labute approximate surface area is 196 Å². The number of nitrogens with zero attached hydrogens (tertiary/aromatic N) is 4. The van der Waals surface area contributed by atoms with Crippen molar-refractivity contribution >= 4 is 28.0 Å². The van der Waals surface area contributed by atoms with Crippen molar-refractivity contribution < 1.29 is 9.53 Å². The monoisotopic (exact) mass is 452 g/mol. The molecule has 1 atom stereocenters. The second-order valence-corrected chi connectivity index (χ2v) is 8.68. The lowest BCUT2D eigenvalue weighted by atomic mass is 10.0. The fraction of sp³-hybridized carbons (Fsp3) is 0.231. The molecule has 0 spiro atoms. The van der Waals surface area contributed by atoms with Gasteiger partial charge in [0, 0.05) is 37.4 Å². The van der Waals surface area contributed by atoms with Gasteiger partial charge in [-0.05, 0) is 50.1 Å². The largest absolute Gasteiger partial charge is 0.457 e.